The fourth-order valence-electron chi connectivity index (χ4n) is 8.41. The molecule has 2 amide bonds. The molecule has 3 aliphatic heterocycles. The lowest BCUT2D eigenvalue weighted by molar-refractivity contribution is -0.104. The molecule has 0 saturated carbocycles. The van der Waals surface area contributed by atoms with Crippen LogP contribution in [0, 0.1) is 0 Å². The van der Waals surface area contributed by atoms with Crippen LogP contribution in [0.3, 0.4) is 0 Å². The third-order valence-electron chi connectivity index (χ3n) is 12.4. The number of aliphatic hydroxyl groups is 1. The van der Waals surface area contributed by atoms with Crippen LogP contribution in [0.25, 0.3) is 33.3 Å². The first-order chi connectivity index (χ1) is 31.0. The summed E-state index contributed by atoms with van der Waals surface area (Å²) in [6, 6.07) is 23.5. The van der Waals surface area contributed by atoms with Gasteiger partial charge in [-0.2, -0.15) is 10.2 Å². The van der Waals surface area contributed by atoms with Crippen molar-refractivity contribution in [2.75, 3.05) is 95.2 Å². The van der Waals surface area contributed by atoms with Gasteiger partial charge in [-0.15, -0.1) is 0 Å². The molecule has 64 heavy (non-hydrogen) atoms. The fraction of sp³-hybridized carbons (Fsp3) is 0.404. The van der Waals surface area contributed by atoms with Crippen molar-refractivity contribution < 1.29 is 33.6 Å². The highest BCUT2D eigenvalue weighted by Crippen LogP contribution is 2.32. The van der Waals surface area contributed by atoms with Gasteiger partial charge in [-0.1, -0.05) is 48.5 Å². The van der Waals surface area contributed by atoms with E-state index in [9.17, 15) is 14.7 Å². The van der Waals surface area contributed by atoms with Crippen molar-refractivity contribution in [1.29, 1.82) is 0 Å². The number of benzene rings is 2. The van der Waals surface area contributed by atoms with Gasteiger partial charge in [0.05, 0.1) is 66.5 Å². The molecule has 1 unspecified atom stereocenters. The van der Waals surface area contributed by atoms with E-state index >= 15 is 0 Å². The molecule has 3 fully saturated rings. The van der Waals surface area contributed by atoms with Gasteiger partial charge in [0.15, 0.2) is 6.10 Å². The molecule has 7 heterocycles. The minimum absolute atomic E-state index is 0.129. The van der Waals surface area contributed by atoms with E-state index in [1.165, 1.54) is 0 Å². The second-order valence-corrected chi connectivity index (χ2v) is 17.2. The molecular formula is C47H56N10O7. The molecule has 4 aromatic heterocycles. The van der Waals surface area contributed by atoms with E-state index in [1.807, 2.05) is 82.1 Å². The molecular weight excluding hydrogens is 817 g/mol. The maximum absolute atomic E-state index is 13.0. The number of carbonyl (C=O) groups is 2. The van der Waals surface area contributed by atoms with Crippen LogP contribution in [-0.4, -0.2) is 143 Å². The van der Waals surface area contributed by atoms with Crippen LogP contribution < -0.4 is 21.3 Å². The summed E-state index contributed by atoms with van der Waals surface area (Å²) in [4.78, 5) is 33.5. The minimum Gasteiger partial charge on any atom is -0.447 e. The molecule has 2 atom stereocenters. The third-order valence-corrected chi connectivity index (χ3v) is 12.4. The van der Waals surface area contributed by atoms with Crippen molar-refractivity contribution in [2.24, 2.45) is 11.5 Å². The van der Waals surface area contributed by atoms with Gasteiger partial charge in [0.1, 0.15) is 6.61 Å². The number of hydrogen-bond acceptors (Lipinski definition) is 13. The second kappa shape index (κ2) is 18.5. The molecule has 3 saturated heterocycles. The molecule has 0 bridgehead atoms. The molecule has 3 aliphatic rings. The first-order valence-corrected chi connectivity index (χ1v) is 21.9. The number of carbonyl (C=O) groups excluding carboxylic acids is 2. The van der Waals surface area contributed by atoms with Crippen LogP contribution in [0.5, 0.6) is 0 Å². The molecule has 5 N–H and O–H groups in total. The van der Waals surface area contributed by atoms with Gasteiger partial charge in [-0.05, 0) is 60.4 Å². The van der Waals surface area contributed by atoms with E-state index in [0.29, 0.717) is 65.6 Å². The summed E-state index contributed by atoms with van der Waals surface area (Å²) in [7, 11) is 0. The topological polar surface area (TPSA) is 191 Å². The molecule has 9 rings (SSSR count). The smallest absolute Gasteiger partial charge is 0.410 e. The van der Waals surface area contributed by atoms with Crippen LogP contribution in [-0.2, 0) is 18.9 Å². The summed E-state index contributed by atoms with van der Waals surface area (Å²) >= 11 is 0. The second-order valence-electron chi connectivity index (χ2n) is 17.2. The van der Waals surface area contributed by atoms with Crippen molar-refractivity contribution >= 4 is 34.6 Å². The Morgan fingerprint density at radius 2 is 1.20 bits per heavy atom. The summed E-state index contributed by atoms with van der Waals surface area (Å²) in [5.41, 5.74) is 21.7. The molecule has 6 aromatic rings. The number of nitrogens with two attached hydrogens (primary N) is 2. The summed E-state index contributed by atoms with van der Waals surface area (Å²) in [6.07, 6.45) is 6.85. The summed E-state index contributed by atoms with van der Waals surface area (Å²) in [5.74, 6) is 0. The van der Waals surface area contributed by atoms with Crippen LogP contribution in [0.15, 0.2) is 97.6 Å². The highest BCUT2D eigenvalue weighted by molar-refractivity contribution is 5.81. The number of rotatable bonds is 13. The number of nitrogens with zero attached hydrogens (tertiary/aromatic N) is 8. The zero-order valence-electron chi connectivity index (χ0n) is 36.3. The molecule has 17 nitrogen and oxygen atoms in total. The van der Waals surface area contributed by atoms with Crippen molar-refractivity contribution in [3.63, 3.8) is 0 Å². The van der Waals surface area contributed by atoms with Crippen LogP contribution in [0.2, 0.25) is 0 Å². The maximum Gasteiger partial charge on any atom is 0.410 e. The largest absolute Gasteiger partial charge is 0.447 e. The minimum atomic E-state index is -1.02. The molecule has 336 valence electrons. The SMILES string of the molecule is CC(C)(O)C(N)c1ccc(-c2cc3c(N4CCN(C(=O)OCCOC[C@H](N)c5ccc(-c6cc7c(N8CCN(C(=O)OC9COC9)CC8)ccnn7c6)cc5)CC4)ccnn3c2)cc1. The lowest BCUT2D eigenvalue weighted by Gasteiger charge is -2.37. The maximum atomic E-state index is 13.0. The Morgan fingerprint density at radius 3 is 1.69 bits per heavy atom. The Labute approximate surface area is 371 Å². The van der Waals surface area contributed by atoms with E-state index in [0.717, 1.165) is 55.8 Å². The number of hydrogen-bond donors (Lipinski definition) is 3. The Hall–Kier alpha value is -6.24. The Bertz CT molecular complexity index is 2550. The average Bonchev–Trinajstić information content (AvgIpc) is 3.95. The van der Waals surface area contributed by atoms with Crippen molar-refractivity contribution in [3.8, 4) is 22.3 Å². The van der Waals surface area contributed by atoms with Crippen molar-refractivity contribution in [1.82, 2.24) is 29.0 Å². The van der Waals surface area contributed by atoms with Gasteiger partial charge >= 0.3 is 12.2 Å². The molecule has 2 aromatic carbocycles. The van der Waals surface area contributed by atoms with Gasteiger partial charge in [0, 0.05) is 88.3 Å². The number of anilines is 2. The highest BCUT2D eigenvalue weighted by atomic mass is 16.6. The Balaban J connectivity index is 0.710. The van der Waals surface area contributed by atoms with Crippen LogP contribution in [0.1, 0.15) is 37.1 Å². The van der Waals surface area contributed by atoms with Crippen LogP contribution in [0.4, 0.5) is 21.0 Å². The first-order valence-electron chi connectivity index (χ1n) is 21.9. The van der Waals surface area contributed by atoms with E-state index in [1.54, 1.807) is 36.0 Å². The highest BCUT2D eigenvalue weighted by Gasteiger charge is 2.29. The standard InChI is InChI=1S/C47H56N10O7/c1-47(2,60)44(49)35-9-5-33(6-10-35)37-26-43-40(11-13-51-57(43)28-37)52-15-19-54(20-16-52)45(58)63-24-23-61-31-39(48)34-7-3-32(4-8-34)36-25-42-41(12-14-50-56(42)27-36)53-17-21-55(22-18-53)46(59)64-38-29-62-30-38/h3-14,25-28,38-39,44,60H,15-24,29-31,48-49H2,1-2H3/t39-,44?/m0/s1. The normalized spacial score (nSPS) is 17.1. The average molecular weight is 873 g/mol. The van der Waals surface area contributed by atoms with E-state index in [-0.39, 0.29) is 44.2 Å². The van der Waals surface area contributed by atoms with Gasteiger partial charge < -0.3 is 55.1 Å². The molecule has 0 spiro atoms. The molecule has 17 heteroatoms. The number of aromatic nitrogens is 4. The van der Waals surface area contributed by atoms with Gasteiger partial charge in [-0.3, -0.25) is 0 Å². The zero-order valence-corrected chi connectivity index (χ0v) is 36.3. The Kier molecular flexibility index (Phi) is 12.4. The summed E-state index contributed by atoms with van der Waals surface area (Å²) in [6.45, 7) is 9.91. The first kappa shape index (κ1) is 43.0. The van der Waals surface area contributed by atoms with Crippen molar-refractivity contribution in [2.45, 2.75) is 37.6 Å². The summed E-state index contributed by atoms with van der Waals surface area (Å²) < 4.78 is 25.8. The molecule has 0 radical (unpaired) electrons. The number of fused-ring (bicyclic) bond motifs is 2. The number of amides is 2. The third kappa shape index (κ3) is 9.35. The van der Waals surface area contributed by atoms with Crippen molar-refractivity contribution in [3.05, 3.63) is 109 Å². The lowest BCUT2D eigenvalue weighted by atomic mass is 9.92. The fourth-order valence-corrected chi connectivity index (χ4v) is 8.41. The monoisotopic (exact) mass is 872 g/mol. The van der Waals surface area contributed by atoms with Gasteiger partial charge in [-0.25, -0.2) is 18.6 Å². The quantitative estimate of drug-likeness (QED) is 0.135. The number of ether oxygens (including phenoxy) is 4. The van der Waals surface area contributed by atoms with Gasteiger partial charge in [0.2, 0.25) is 0 Å². The Morgan fingerprint density at radius 1 is 0.703 bits per heavy atom. The predicted molar refractivity (Wildman–Crippen MR) is 242 cm³/mol. The van der Waals surface area contributed by atoms with Gasteiger partial charge in [0.25, 0.3) is 0 Å². The predicted octanol–water partition coefficient (Wildman–Crippen LogP) is 4.72. The van der Waals surface area contributed by atoms with E-state index in [4.69, 9.17) is 30.4 Å². The molecule has 0 aliphatic carbocycles. The lowest BCUT2D eigenvalue weighted by Crippen LogP contribution is -2.51. The summed E-state index contributed by atoms with van der Waals surface area (Å²) in [5, 5.41) is 19.4. The number of piperazine rings is 2. The van der Waals surface area contributed by atoms with E-state index in [2.05, 4.69) is 32.1 Å². The van der Waals surface area contributed by atoms with Crippen LogP contribution >= 0.6 is 0 Å². The van der Waals surface area contributed by atoms with E-state index < -0.39 is 11.6 Å². The zero-order chi connectivity index (χ0) is 44.4.